The predicted molar refractivity (Wildman–Crippen MR) is 100 cm³/mol. The van der Waals surface area contributed by atoms with Crippen molar-refractivity contribution in [3.05, 3.63) is 59.4 Å². The summed E-state index contributed by atoms with van der Waals surface area (Å²) in [6, 6.07) is 12.1. The Morgan fingerprint density at radius 2 is 2.16 bits per heavy atom. The van der Waals surface area contributed by atoms with E-state index in [9.17, 15) is 4.79 Å². The molecule has 1 atom stereocenters. The number of para-hydroxylation sites is 1. The number of anilines is 1. The standard InChI is InChI=1S/C19H19ClN4O/c20-16-6-8-21-18-17(16)15(11-22-18)19(25)23-10-13-7-9-24(12-13)14-4-2-1-3-5-14/h1-6,8,11,13H,7,9-10,12H2,(H,21,22)(H,23,25). The van der Waals surface area contributed by atoms with Gasteiger partial charge in [0, 0.05) is 37.7 Å². The summed E-state index contributed by atoms with van der Waals surface area (Å²) in [6.07, 6.45) is 4.37. The van der Waals surface area contributed by atoms with Crippen LogP contribution in [0.5, 0.6) is 0 Å². The van der Waals surface area contributed by atoms with Crippen molar-refractivity contribution in [1.82, 2.24) is 15.3 Å². The van der Waals surface area contributed by atoms with E-state index < -0.39 is 0 Å². The van der Waals surface area contributed by atoms with E-state index >= 15 is 0 Å². The highest BCUT2D eigenvalue weighted by Gasteiger charge is 2.24. The fourth-order valence-electron chi connectivity index (χ4n) is 3.40. The Labute approximate surface area is 151 Å². The number of benzene rings is 1. The van der Waals surface area contributed by atoms with Gasteiger partial charge < -0.3 is 15.2 Å². The van der Waals surface area contributed by atoms with E-state index in [4.69, 9.17) is 11.6 Å². The fraction of sp³-hybridized carbons (Fsp3) is 0.263. The van der Waals surface area contributed by atoms with E-state index in [0.717, 1.165) is 19.5 Å². The Morgan fingerprint density at radius 3 is 3.00 bits per heavy atom. The van der Waals surface area contributed by atoms with Crippen LogP contribution in [0, 0.1) is 5.92 Å². The third-order valence-corrected chi connectivity index (χ3v) is 5.04. The number of carbonyl (C=O) groups is 1. The van der Waals surface area contributed by atoms with Crippen LogP contribution in [0.15, 0.2) is 48.8 Å². The highest BCUT2D eigenvalue weighted by Crippen LogP contribution is 2.26. The summed E-state index contributed by atoms with van der Waals surface area (Å²) in [7, 11) is 0. The lowest BCUT2D eigenvalue weighted by Crippen LogP contribution is -2.30. The molecule has 0 bridgehead atoms. The number of aromatic amines is 1. The highest BCUT2D eigenvalue weighted by atomic mass is 35.5. The van der Waals surface area contributed by atoms with Crippen molar-refractivity contribution in [2.45, 2.75) is 6.42 Å². The van der Waals surface area contributed by atoms with E-state index in [0.29, 0.717) is 34.1 Å². The molecule has 1 unspecified atom stereocenters. The quantitative estimate of drug-likeness (QED) is 0.754. The summed E-state index contributed by atoms with van der Waals surface area (Å²) in [4.78, 5) is 22.1. The van der Waals surface area contributed by atoms with Crippen molar-refractivity contribution in [2.24, 2.45) is 5.92 Å². The Balaban J connectivity index is 1.39. The second-order valence-corrected chi connectivity index (χ2v) is 6.77. The van der Waals surface area contributed by atoms with Crippen LogP contribution >= 0.6 is 11.6 Å². The molecule has 4 rings (SSSR count). The van der Waals surface area contributed by atoms with Gasteiger partial charge in [-0.15, -0.1) is 0 Å². The molecular formula is C19H19ClN4O. The molecule has 0 spiro atoms. The highest BCUT2D eigenvalue weighted by molar-refractivity contribution is 6.36. The first-order chi connectivity index (χ1) is 12.2. The van der Waals surface area contributed by atoms with Gasteiger partial charge in [-0.25, -0.2) is 4.98 Å². The Morgan fingerprint density at radius 1 is 1.32 bits per heavy atom. The van der Waals surface area contributed by atoms with Gasteiger partial charge in [0.15, 0.2) is 0 Å². The first-order valence-corrected chi connectivity index (χ1v) is 8.80. The zero-order valence-corrected chi connectivity index (χ0v) is 14.5. The van der Waals surface area contributed by atoms with E-state index in [2.05, 4.69) is 44.5 Å². The largest absolute Gasteiger partial charge is 0.371 e. The Hall–Kier alpha value is -2.53. The van der Waals surface area contributed by atoms with Crippen molar-refractivity contribution in [1.29, 1.82) is 0 Å². The van der Waals surface area contributed by atoms with E-state index in [1.54, 1.807) is 18.5 Å². The van der Waals surface area contributed by atoms with Crippen molar-refractivity contribution in [2.75, 3.05) is 24.5 Å². The van der Waals surface area contributed by atoms with Crippen molar-refractivity contribution >= 4 is 34.2 Å². The average Bonchev–Trinajstić information content (AvgIpc) is 3.28. The number of nitrogens with one attached hydrogen (secondary N) is 2. The van der Waals surface area contributed by atoms with Crippen LogP contribution in [-0.2, 0) is 0 Å². The van der Waals surface area contributed by atoms with Gasteiger partial charge >= 0.3 is 0 Å². The number of fused-ring (bicyclic) bond motifs is 1. The van der Waals surface area contributed by atoms with E-state index in [1.165, 1.54) is 5.69 Å². The normalized spacial score (nSPS) is 17.2. The Bertz CT molecular complexity index is 893. The molecule has 1 saturated heterocycles. The molecule has 0 saturated carbocycles. The lowest BCUT2D eigenvalue weighted by atomic mass is 10.1. The van der Waals surface area contributed by atoms with E-state index in [1.807, 2.05) is 6.07 Å². The summed E-state index contributed by atoms with van der Waals surface area (Å²) in [5, 5.41) is 4.26. The zero-order chi connectivity index (χ0) is 17.2. The van der Waals surface area contributed by atoms with E-state index in [-0.39, 0.29) is 5.91 Å². The minimum absolute atomic E-state index is 0.112. The molecule has 25 heavy (non-hydrogen) atoms. The number of H-pyrrole nitrogens is 1. The summed E-state index contributed by atoms with van der Waals surface area (Å²) in [5.74, 6) is 0.335. The molecular weight excluding hydrogens is 336 g/mol. The number of hydrogen-bond acceptors (Lipinski definition) is 3. The van der Waals surface area contributed by atoms with Gasteiger partial charge in [-0.2, -0.15) is 0 Å². The van der Waals surface area contributed by atoms with Crippen LogP contribution in [0.2, 0.25) is 5.02 Å². The number of rotatable bonds is 4. The third-order valence-electron chi connectivity index (χ3n) is 4.73. The molecule has 3 heterocycles. The fourth-order valence-corrected chi connectivity index (χ4v) is 3.65. The van der Waals surface area contributed by atoms with Gasteiger partial charge in [0.2, 0.25) is 0 Å². The number of amides is 1. The molecule has 3 aromatic rings. The molecule has 128 valence electrons. The van der Waals surface area contributed by atoms with Gasteiger partial charge in [-0.1, -0.05) is 29.8 Å². The first kappa shape index (κ1) is 16.0. The number of aromatic nitrogens is 2. The number of carbonyl (C=O) groups excluding carboxylic acids is 1. The van der Waals surface area contributed by atoms with Crippen LogP contribution in [0.25, 0.3) is 11.0 Å². The van der Waals surface area contributed by atoms with Crippen LogP contribution in [0.4, 0.5) is 5.69 Å². The van der Waals surface area contributed by atoms with Crippen LogP contribution in [0.3, 0.4) is 0 Å². The molecule has 2 N–H and O–H groups in total. The molecule has 1 fully saturated rings. The number of pyridine rings is 1. The lowest BCUT2D eigenvalue weighted by Gasteiger charge is -2.18. The average molecular weight is 355 g/mol. The third kappa shape index (κ3) is 3.20. The summed E-state index contributed by atoms with van der Waals surface area (Å²) < 4.78 is 0. The van der Waals surface area contributed by atoms with Crippen molar-refractivity contribution in [3.8, 4) is 0 Å². The van der Waals surface area contributed by atoms with Crippen LogP contribution < -0.4 is 10.2 Å². The molecule has 1 aromatic carbocycles. The van der Waals surface area contributed by atoms with Crippen LogP contribution in [-0.4, -0.2) is 35.5 Å². The zero-order valence-electron chi connectivity index (χ0n) is 13.7. The molecule has 6 heteroatoms. The summed E-state index contributed by atoms with van der Waals surface area (Å²) in [6.45, 7) is 2.64. The molecule has 2 aromatic heterocycles. The molecule has 0 aliphatic carbocycles. The second-order valence-electron chi connectivity index (χ2n) is 6.37. The molecule has 0 radical (unpaired) electrons. The minimum atomic E-state index is -0.112. The number of nitrogens with zero attached hydrogens (tertiary/aromatic N) is 2. The van der Waals surface area contributed by atoms with Crippen molar-refractivity contribution in [3.63, 3.8) is 0 Å². The predicted octanol–water partition coefficient (Wildman–Crippen LogP) is 3.47. The lowest BCUT2D eigenvalue weighted by molar-refractivity contribution is 0.0950. The van der Waals surface area contributed by atoms with Gasteiger partial charge in [0.25, 0.3) is 5.91 Å². The maximum absolute atomic E-state index is 12.5. The Kier molecular flexibility index (Phi) is 4.32. The molecule has 1 aliphatic rings. The maximum Gasteiger partial charge on any atom is 0.253 e. The molecule has 1 aliphatic heterocycles. The van der Waals surface area contributed by atoms with Gasteiger partial charge in [-0.3, -0.25) is 4.79 Å². The van der Waals surface area contributed by atoms with Gasteiger partial charge in [-0.05, 0) is 30.5 Å². The first-order valence-electron chi connectivity index (χ1n) is 8.42. The smallest absolute Gasteiger partial charge is 0.253 e. The maximum atomic E-state index is 12.5. The molecule has 5 nitrogen and oxygen atoms in total. The van der Waals surface area contributed by atoms with Gasteiger partial charge in [0.1, 0.15) is 5.65 Å². The molecule has 1 amide bonds. The summed E-state index contributed by atoms with van der Waals surface area (Å²) in [5.41, 5.74) is 2.42. The summed E-state index contributed by atoms with van der Waals surface area (Å²) >= 11 is 6.22. The van der Waals surface area contributed by atoms with Crippen LogP contribution in [0.1, 0.15) is 16.8 Å². The SMILES string of the molecule is O=C(NCC1CCN(c2ccccc2)C1)c1c[nH]c2nccc(Cl)c12. The minimum Gasteiger partial charge on any atom is -0.371 e. The second kappa shape index (κ2) is 6.76. The number of hydrogen-bond donors (Lipinski definition) is 2. The number of halogens is 1. The van der Waals surface area contributed by atoms with Gasteiger partial charge in [0.05, 0.1) is 16.0 Å². The topological polar surface area (TPSA) is 61.0 Å². The van der Waals surface area contributed by atoms with Crippen molar-refractivity contribution < 1.29 is 4.79 Å². The monoisotopic (exact) mass is 354 g/mol.